The van der Waals surface area contributed by atoms with Crippen LogP contribution in [0.1, 0.15) is 36.2 Å². The molecule has 222 valence electrons. The van der Waals surface area contributed by atoms with Crippen LogP contribution in [0.15, 0.2) is 53.1 Å². The molecule has 3 aliphatic rings. The Morgan fingerprint density at radius 2 is 1.86 bits per heavy atom. The van der Waals surface area contributed by atoms with Crippen LogP contribution in [-0.4, -0.2) is 78.9 Å². The molecule has 2 aromatic rings. The number of aromatic carboxylic acids is 1. The molecule has 0 unspecified atom stereocenters. The summed E-state index contributed by atoms with van der Waals surface area (Å²) in [7, 11) is 0. The molecule has 3 aliphatic heterocycles. The van der Waals surface area contributed by atoms with Gasteiger partial charge in [-0.1, -0.05) is 42.3 Å². The highest BCUT2D eigenvalue weighted by atomic mass is 35.5. The van der Waals surface area contributed by atoms with Gasteiger partial charge in [0.15, 0.2) is 0 Å². The number of amides is 2. The Kier molecular flexibility index (Phi) is 8.60. The second kappa shape index (κ2) is 11.9. The number of rotatable bonds is 9. The number of carboxylic acids is 2. The number of carboxylic acid groups (broad SMARTS) is 2. The van der Waals surface area contributed by atoms with Crippen molar-refractivity contribution < 1.29 is 34.5 Å². The number of benzene rings is 2. The van der Waals surface area contributed by atoms with Gasteiger partial charge in [0, 0.05) is 44.9 Å². The van der Waals surface area contributed by atoms with Gasteiger partial charge in [0.05, 0.1) is 29.7 Å². The fourth-order valence-corrected chi connectivity index (χ4v) is 8.10. The van der Waals surface area contributed by atoms with Crippen molar-refractivity contribution in [2.45, 2.75) is 50.3 Å². The maximum absolute atomic E-state index is 13.6. The predicted molar refractivity (Wildman–Crippen MR) is 158 cm³/mol. The van der Waals surface area contributed by atoms with E-state index in [0.717, 1.165) is 5.56 Å². The van der Waals surface area contributed by atoms with Gasteiger partial charge in [0.25, 0.3) is 0 Å². The van der Waals surface area contributed by atoms with Crippen molar-refractivity contribution in [2.24, 2.45) is 11.8 Å². The molecule has 2 aromatic carbocycles. The van der Waals surface area contributed by atoms with Crippen molar-refractivity contribution in [3.05, 3.63) is 74.2 Å². The molecule has 42 heavy (non-hydrogen) atoms. The summed E-state index contributed by atoms with van der Waals surface area (Å²) in [5.74, 6) is -4.04. The number of fused-ring (bicyclic) bond motifs is 1. The van der Waals surface area contributed by atoms with Crippen LogP contribution in [-0.2, 0) is 20.9 Å². The number of likely N-dealkylation sites (tertiary alicyclic amines) is 1. The zero-order valence-electron chi connectivity index (χ0n) is 22.7. The summed E-state index contributed by atoms with van der Waals surface area (Å²) in [5, 5.41) is 33.1. The standard InChI is InChI=1S/C29H29Cl2N3O7S/c1-13-23-22(14(2)35)27(37)34(23)24(29(40)41)25(13)42-19-10-21(26(36)32-18-5-3-4-15(8-18)28(38)39)33(12-19)11-16-6-7-17(30)9-20(16)31/h3-9,13-14,19,21-23,35H,10-12H2,1-2H3,(H,32,36)(H,38,39)(H,40,41)/t13-,14-,19+,21+,22-,23-/m1/s1. The predicted octanol–water partition coefficient (Wildman–Crippen LogP) is 4.16. The van der Waals surface area contributed by atoms with Gasteiger partial charge >= 0.3 is 11.9 Å². The third-order valence-electron chi connectivity index (χ3n) is 8.04. The molecule has 3 heterocycles. The van der Waals surface area contributed by atoms with Crippen molar-refractivity contribution in [3.63, 3.8) is 0 Å². The molecule has 10 nitrogen and oxygen atoms in total. The van der Waals surface area contributed by atoms with E-state index in [1.807, 2.05) is 11.8 Å². The maximum Gasteiger partial charge on any atom is 0.353 e. The van der Waals surface area contributed by atoms with Crippen LogP contribution < -0.4 is 5.32 Å². The highest BCUT2D eigenvalue weighted by Gasteiger charge is 2.60. The zero-order chi connectivity index (χ0) is 30.5. The van der Waals surface area contributed by atoms with Crippen molar-refractivity contribution in [2.75, 3.05) is 11.9 Å². The molecule has 0 radical (unpaired) electrons. The molecule has 0 aliphatic carbocycles. The van der Waals surface area contributed by atoms with E-state index in [1.165, 1.54) is 35.7 Å². The Balaban J connectivity index is 1.41. The molecule has 0 aromatic heterocycles. The third-order valence-corrected chi connectivity index (χ3v) is 10.1. The van der Waals surface area contributed by atoms with E-state index in [4.69, 9.17) is 23.2 Å². The Labute approximate surface area is 256 Å². The van der Waals surface area contributed by atoms with Gasteiger partial charge in [-0.2, -0.15) is 0 Å². The topological polar surface area (TPSA) is 147 Å². The quantitative estimate of drug-likeness (QED) is 0.299. The first-order valence-corrected chi connectivity index (χ1v) is 15.0. The first kappa shape index (κ1) is 30.4. The lowest BCUT2D eigenvalue weighted by molar-refractivity contribution is -0.163. The van der Waals surface area contributed by atoms with Crippen LogP contribution in [0.25, 0.3) is 0 Å². The molecule has 5 rings (SSSR count). The molecule has 13 heteroatoms. The van der Waals surface area contributed by atoms with Crippen molar-refractivity contribution in [1.82, 2.24) is 9.80 Å². The molecule has 6 atom stereocenters. The SMILES string of the molecule is C[C@@H](O)[C@H]1C(=O)N2C(C(=O)O)=C(S[C@H]3C[C@@H](C(=O)Nc4cccc(C(=O)O)c4)N(Cc4ccc(Cl)cc4Cl)C3)[C@H](C)[C@H]12. The van der Waals surface area contributed by atoms with Crippen LogP contribution in [0, 0.1) is 11.8 Å². The number of aliphatic hydroxyl groups excluding tert-OH is 1. The Hall–Kier alpha value is -3.09. The third kappa shape index (κ3) is 5.63. The lowest BCUT2D eigenvalue weighted by Gasteiger charge is -2.46. The molecular formula is C29H29Cl2N3O7S. The summed E-state index contributed by atoms with van der Waals surface area (Å²) < 4.78 is 0. The number of nitrogens with one attached hydrogen (secondary N) is 1. The van der Waals surface area contributed by atoms with Gasteiger partial charge < -0.3 is 25.5 Å². The van der Waals surface area contributed by atoms with Crippen LogP contribution in [0.2, 0.25) is 10.0 Å². The Morgan fingerprint density at radius 1 is 1.12 bits per heavy atom. The minimum absolute atomic E-state index is 0.0375. The van der Waals surface area contributed by atoms with Crippen LogP contribution in [0.4, 0.5) is 5.69 Å². The highest BCUT2D eigenvalue weighted by molar-refractivity contribution is 8.03. The number of β-lactam (4-membered cyclic amide) rings is 1. The highest BCUT2D eigenvalue weighted by Crippen LogP contribution is 2.52. The first-order valence-electron chi connectivity index (χ1n) is 13.3. The van der Waals surface area contributed by atoms with E-state index >= 15 is 0 Å². The van der Waals surface area contributed by atoms with Crippen LogP contribution in [0.5, 0.6) is 0 Å². The largest absolute Gasteiger partial charge is 0.478 e. The van der Waals surface area contributed by atoms with Gasteiger partial charge in [-0.15, -0.1) is 11.8 Å². The lowest BCUT2D eigenvalue weighted by atomic mass is 9.79. The summed E-state index contributed by atoms with van der Waals surface area (Å²) in [6.07, 6.45) is -0.540. The van der Waals surface area contributed by atoms with E-state index in [2.05, 4.69) is 5.32 Å². The average molecular weight is 635 g/mol. The summed E-state index contributed by atoms with van der Waals surface area (Å²) >= 11 is 13.9. The van der Waals surface area contributed by atoms with E-state index in [0.29, 0.717) is 40.1 Å². The smallest absolute Gasteiger partial charge is 0.353 e. The van der Waals surface area contributed by atoms with Gasteiger partial charge in [0.1, 0.15) is 5.70 Å². The molecule has 4 N–H and O–H groups in total. The van der Waals surface area contributed by atoms with Crippen molar-refractivity contribution in [1.29, 1.82) is 0 Å². The minimum atomic E-state index is -1.21. The number of halogens is 2. The number of carbonyl (C=O) groups is 4. The van der Waals surface area contributed by atoms with Gasteiger partial charge in [-0.25, -0.2) is 9.59 Å². The maximum atomic E-state index is 13.6. The minimum Gasteiger partial charge on any atom is -0.478 e. The van der Waals surface area contributed by atoms with Gasteiger partial charge in [-0.05, 0) is 49.2 Å². The van der Waals surface area contributed by atoms with Crippen molar-refractivity contribution in [3.8, 4) is 0 Å². The first-order chi connectivity index (χ1) is 19.9. The molecule has 2 fully saturated rings. The van der Waals surface area contributed by atoms with E-state index in [9.17, 15) is 34.5 Å². The average Bonchev–Trinajstić information content (AvgIpc) is 3.42. The molecule has 0 bridgehead atoms. The van der Waals surface area contributed by atoms with E-state index in [1.54, 1.807) is 30.3 Å². The summed E-state index contributed by atoms with van der Waals surface area (Å²) in [4.78, 5) is 53.8. The van der Waals surface area contributed by atoms with E-state index in [-0.39, 0.29) is 28.3 Å². The Morgan fingerprint density at radius 3 is 2.50 bits per heavy atom. The van der Waals surface area contributed by atoms with Gasteiger partial charge in [-0.3, -0.25) is 14.5 Å². The summed E-state index contributed by atoms with van der Waals surface area (Å²) in [6, 6.07) is 10.0. The number of hydrogen-bond donors (Lipinski definition) is 4. The number of aliphatic carboxylic acids is 1. The fraction of sp³-hybridized carbons (Fsp3) is 0.379. The normalized spacial score (nSPS) is 26.2. The van der Waals surface area contributed by atoms with E-state index < -0.39 is 42.0 Å². The van der Waals surface area contributed by atoms with Gasteiger partial charge in [0.2, 0.25) is 11.8 Å². The molecule has 0 spiro atoms. The second-order valence-corrected chi connectivity index (χ2v) is 13.0. The number of nitrogens with zero attached hydrogens (tertiary/aromatic N) is 2. The zero-order valence-corrected chi connectivity index (χ0v) is 25.0. The van der Waals surface area contributed by atoms with Crippen LogP contribution >= 0.6 is 35.0 Å². The fourth-order valence-electron chi connectivity index (χ4n) is 6.08. The van der Waals surface area contributed by atoms with Crippen LogP contribution in [0.3, 0.4) is 0 Å². The monoisotopic (exact) mass is 633 g/mol. The molecular weight excluding hydrogens is 605 g/mol. The molecule has 2 amide bonds. The number of carbonyl (C=O) groups excluding carboxylic acids is 2. The lowest BCUT2D eigenvalue weighted by Crippen LogP contribution is -2.63. The summed E-state index contributed by atoms with van der Waals surface area (Å²) in [5.41, 5.74) is 1.07. The Bertz CT molecular complexity index is 1500. The molecule has 2 saturated heterocycles. The summed E-state index contributed by atoms with van der Waals surface area (Å²) in [6.45, 7) is 4.12. The number of hydrogen-bond acceptors (Lipinski definition) is 7. The number of anilines is 1. The number of thioether (sulfide) groups is 1. The number of aliphatic hydroxyl groups is 1. The van der Waals surface area contributed by atoms with Crippen molar-refractivity contribution >= 4 is 64.4 Å². The molecule has 0 saturated carbocycles. The second-order valence-electron chi connectivity index (χ2n) is 10.8.